The van der Waals surface area contributed by atoms with Crippen LogP contribution in [0.3, 0.4) is 0 Å². The van der Waals surface area contributed by atoms with Crippen molar-refractivity contribution in [2.24, 2.45) is 0 Å². The summed E-state index contributed by atoms with van der Waals surface area (Å²) in [6.45, 7) is 4.76. The van der Waals surface area contributed by atoms with Crippen LogP contribution < -0.4 is 0 Å². The maximum Gasteiger partial charge on any atom is 0.238 e. The van der Waals surface area contributed by atoms with Crippen LogP contribution in [-0.4, -0.2) is 19.5 Å². The van der Waals surface area contributed by atoms with Crippen LogP contribution >= 0.6 is 11.3 Å². The van der Waals surface area contributed by atoms with Crippen molar-refractivity contribution in [2.45, 2.75) is 31.6 Å². The Balaban J connectivity index is 1.07. The van der Waals surface area contributed by atoms with Crippen molar-refractivity contribution < 1.29 is 0 Å². The van der Waals surface area contributed by atoms with E-state index in [1.165, 1.54) is 81.0 Å². The quantitative estimate of drug-likeness (QED) is 0.178. The number of benzene rings is 8. The van der Waals surface area contributed by atoms with Crippen LogP contribution in [0.5, 0.6) is 0 Å². The van der Waals surface area contributed by atoms with E-state index in [2.05, 4.69) is 188 Å². The Bertz CT molecular complexity index is 3600. The van der Waals surface area contributed by atoms with Crippen LogP contribution in [0, 0.1) is 0 Å². The van der Waals surface area contributed by atoms with E-state index in [4.69, 9.17) is 15.0 Å². The van der Waals surface area contributed by atoms with Crippen molar-refractivity contribution in [3.05, 3.63) is 204 Å². The van der Waals surface area contributed by atoms with Gasteiger partial charge in [0.15, 0.2) is 11.6 Å². The summed E-state index contributed by atoms with van der Waals surface area (Å²) in [5.74, 6) is 2.06. The van der Waals surface area contributed by atoms with Crippen molar-refractivity contribution >= 4 is 53.3 Å². The molecule has 2 aliphatic carbocycles. The van der Waals surface area contributed by atoms with Crippen LogP contribution in [-0.2, 0) is 11.8 Å². The van der Waals surface area contributed by atoms with E-state index in [9.17, 15) is 0 Å². The molecule has 1 atom stereocenters. The lowest BCUT2D eigenvalue weighted by Gasteiger charge is -2.29. The lowest BCUT2D eigenvalue weighted by molar-refractivity contribution is 0.667. The number of fused-ring (bicyclic) bond motifs is 14. The number of hydrogen-bond acceptors (Lipinski definition) is 4. The molecule has 4 nitrogen and oxygen atoms in total. The summed E-state index contributed by atoms with van der Waals surface area (Å²) in [5, 5.41) is 5.09. The number of hydrogen-bond donors (Lipinski definition) is 0. The molecule has 0 amide bonds. The zero-order chi connectivity index (χ0) is 40.4. The molecule has 13 rings (SSSR count). The van der Waals surface area contributed by atoms with Gasteiger partial charge in [0.2, 0.25) is 5.95 Å². The van der Waals surface area contributed by atoms with Gasteiger partial charge in [0, 0.05) is 53.4 Å². The standard InChI is InChI=1S/C56H38N4S/c1-56(2)45-32-36(25-26-38(45)41-29-30-48-50(51(41)56)43-22-12-14-24-47(43)61-48)54-57-53(34-17-7-4-8-18-34)58-55(59-54)60-46-23-13-11-21-39(46)42-28-27-40-37-20-10-9-19-35(37)31-44(49(40)52(42)60)33-15-5-3-6-16-33/h3-30,32,44H,31H2,1-2H3. The minimum absolute atomic E-state index is 0.139. The molecule has 5 heteroatoms. The molecule has 1 unspecified atom stereocenters. The Morgan fingerprint density at radius 2 is 1.23 bits per heavy atom. The van der Waals surface area contributed by atoms with Gasteiger partial charge in [-0.1, -0.05) is 166 Å². The first-order valence-electron chi connectivity index (χ1n) is 21.1. The average molecular weight is 799 g/mol. The second-order valence-electron chi connectivity index (χ2n) is 17.1. The molecule has 11 aromatic rings. The third kappa shape index (κ3) is 5.01. The molecule has 0 N–H and O–H groups in total. The van der Waals surface area contributed by atoms with Crippen LogP contribution in [0.4, 0.5) is 0 Å². The largest absolute Gasteiger partial charge is 0.277 e. The summed E-state index contributed by atoms with van der Waals surface area (Å²) in [6, 6.07) is 64.0. The van der Waals surface area contributed by atoms with E-state index >= 15 is 0 Å². The highest BCUT2D eigenvalue weighted by Gasteiger charge is 2.38. The Labute approximate surface area is 357 Å². The van der Waals surface area contributed by atoms with Crippen LogP contribution in [0.25, 0.3) is 93.0 Å². The Morgan fingerprint density at radius 3 is 2.08 bits per heavy atom. The molecule has 8 aromatic carbocycles. The summed E-state index contributed by atoms with van der Waals surface area (Å²) >= 11 is 1.88. The van der Waals surface area contributed by atoms with Crippen LogP contribution in [0.15, 0.2) is 176 Å². The number of nitrogens with zero attached hydrogens (tertiary/aromatic N) is 4. The van der Waals surface area contributed by atoms with E-state index in [0.29, 0.717) is 17.6 Å². The average Bonchev–Trinajstić information content (AvgIpc) is 3.94. The molecule has 0 saturated heterocycles. The third-order valence-electron chi connectivity index (χ3n) is 13.4. The molecule has 2 aliphatic rings. The van der Waals surface area contributed by atoms with Crippen LogP contribution in [0.1, 0.15) is 47.6 Å². The predicted octanol–water partition coefficient (Wildman–Crippen LogP) is 14.3. The maximum absolute atomic E-state index is 5.51. The van der Waals surface area contributed by atoms with Gasteiger partial charge in [-0.15, -0.1) is 11.3 Å². The number of aromatic nitrogens is 4. The van der Waals surface area contributed by atoms with Gasteiger partial charge in [-0.25, -0.2) is 4.98 Å². The van der Waals surface area contributed by atoms with E-state index in [1.54, 1.807) is 0 Å². The normalized spacial score (nSPS) is 15.0. The van der Waals surface area contributed by atoms with Crippen molar-refractivity contribution in [1.29, 1.82) is 0 Å². The van der Waals surface area contributed by atoms with E-state index in [0.717, 1.165) is 28.6 Å². The summed E-state index contributed by atoms with van der Waals surface area (Å²) in [6.07, 6.45) is 0.909. The van der Waals surface area contributed by atoms with Crippen molar-refractivity contribution in [2.75, 3.05) is 0 Å². The molecule has 0 spiro atoms. The third-order valence-corrected chi connectivity index (χ3v) is 14.6. The van der Waals surface area contributed by atoms with Crippen molar-refractivity contribution in [3.63, 3.8) is 0 Å². The molecule has 0 aliphatic heterocycles. The minimum atomic E-state index is -0.239. The molecule has 0 bridgehead atoms. The molecule has 288 valence electrons. The molecule has 0 fully saturated rings. The van der Waals surface area contributed by atoms with Gasteiger partial charge >= 0.3 is 0 Å². The Morgan fingerprint density at radius 1 is 0.541 bits per heavy atom. The van der Waals surface area contributed by atoms with Gasteiger partial charge in [0.1, 0.15) is 0 Å². The topological polar surface area (TPSA) is 43.6 Å². The van der Waals surface area contributed by atoms with E-state index in [1.807, 2.05) is 17.4 Å². The summed E-state index contributed by atoms with van der Waals surface area (Å²) in [4.78, 5) is 16.2. The number of para-hydroxylation sites is 1. The first kappa shape index (κ1) is 34.6. The zero-order valence-corrected chi connectivity index (χ0v) is 34.5. The fourth-order valence-corrected chi connectivity index (χ4v) is 11.8. The lowest BCUT2D eigenvalue weighted by atomic mass is 9.75. The zero-order valence-electron chi connectivity index (χ0n) is 33.7. The molecule has 3 aromatic heterocycles. The molecular formula is C56H38N4S. The Hall–Kier alpha value is -7.21. The minimum Gasteiger partial charge on any atom is -0.277 e. The first-order chi connectivity index (χ1) is 30.0. The molecule has 0 saturated carbocycles. The number of thiophene rings is 1. The second kappa shape index (κ2) is 12.9. The Kier molecular flexibility index (Phi) is 7.32. The van der Waals surface area contributed by atoms with Gasteiger partial charge < -0.3 is 0 Å². The molecule has 0 radical (unpaired) electrons. The van der Waals surface area contributed by atoms with Gasteiger partial charge in [0.25, 0.3) is 0 Å². The molecule has 61 heavy (non-hydrogen) atoms. The first-order valence-corrected chi connectivity index (χ1v) is 21.9. The fraction of sp³-hybridized carbons (Fsp3) is 0.0893. The maximum atomic E-state index is 5.51. The summed E-state index contributed by atoms with van der Waals surface area (Å²) in [7, 11) is 0. The van der Waals surface area contributed by atoms with E-state index in [-0.39, 0.29) is 11.3 Å². The number of rotatable bonds is 4. The highest BCUT2D eigenvalue weighted by atomic mass is 32.1. The predicted molar refractivity (Wildman–Crippen MR) is 253 cm³/mol. The molecule has 3 heterocycles. The smallest absolute Gasteiger partial charge is 0.238 e. The fourth-order valence-electron chi connectivity index (χ4n) is 10.7. The van der Waals surface area contributed by atoms with Crippen molar-refractivity contribution in [3.8, 4) is 51.0 Å². The van der Waals surface area contributed by atoms with E-state index < -0.39 is 0 Å². The lowest BCUT2D eigenvalue weighted by Crippen LogP contribution is -2.16. The van der Waals surface area contributed by atoms with Crippen molar-refractivity contribution in [1.82, 2.24) is 19.5 Å². The highest BCUT2D eigenvalue weighted by molar-refractivity contribution is 7.25. The van der Waals surface area contributed by atoms with Gasteiger partial charge in [0.05, 0.1) is 11.0 Å². The highest BCUT2D eigenvalue weighted by Crippen LogP contribution is 2.55. The summed E-state index contributed by atoms with van der Waals surface area (Å²) in [5.41, 5.74) is 15.7. The summed E-state index contributed by atoms with van der Waals surface area (Å²) < 4.78 is 4.99. The second-order valence-corrected chi connectivity index (χ2v) is 18.2. The monoisotopic (exact) mass is 798 g/mol. The molecular weight excluding hydrogens is 761 g/mol. The van der Waals surface area contributed by atoms with Gasteiger partial charge in [-0.2, -0.15) is 9.97 Å². The van der Waals surface area contributed by atoms with Gasteiger partial charge in [-0.05, 0) is 80.8 Å². The van der Waals surface area contributed by atoms with Crippen LogP contribution in [0.2, 0.25) is 0 Å². The van der Waals surface area contributed by atoms with Gasteiger partial charge in [-0.3, -0.25) is 4.57 Å². The SMILES string of the molecule is CC1(C)c2cc(-c3nc(-c4ccccc4)nc(-n4c5ccccc5c5ccc6c(c54)C(c4ccccc4)Cc4ccccc4-6)n3)ccc2-c2ccc3sc4ccccc4c3c21.